The molecule has 0 radical (unpaired) electrons. The molecule has 0 aliphatic heterocycles. The highest BCUT2D eigenvalue weighted by Gasteiger charge is 2.13. The summed E-state index contributed by atoms with van der Waals surface area (Å²) in [7, 11) is 0. The molecule has 5 nitrogen and oxygen atoms in total. The SMILES string of the molecule is N[C@@H](CCCCCCc1ccon1)c1cc(-c2ccc(F)cc2)on1. The topological polar surface area (TPSA) is 78.1 Å². The predicted molar refractivity (Wildman–Crippen MR) is 92.1 cm³/mol. The molecule has 2 heterocycles. The number of hydrogen-bond donors (Lipinski definition) is 1. The lowest BCUT2D eigenvalue weighted by Crippen LogP contribution is -2.10. The molecule has 1 aromatic carbocycles. The molecule has 0 fully saturated rings. The number of halogens is 1. The molecule has 25 heavy (non-hydrogen) atoms. The van der Waals surface area contributed by atoms with Gasteiger partial charge in [0.05, 0.1) is 11.7 Å². The average molecular weight is 343 g/mol. The van der Waals surface area contributed by atoms with Crippen LogP contribution in [0.4, 0.5) is 4.39 Å². The van der Waals surface area contributed by atoms with Crippen molar-refractivity contribution in [3.63, 3.8) is 0 Å². The Balaban J connectivity index is 1.39. The molecule has 0 aliphatic rings. The van der Waals surface area contributed by atoms with E-state index in [0.717, 1.165) is 55.5 Å². The van der Waals surface area contributed by atoms with Crippen molar-refractivity contribution < 1.29 is 13.4 Å². The highest BCUT2D eigenvalue weighted by Crippen LogP contribution is 2.24. The Kier molecular flexibility index (Phi) is 5.95. The summed E-state index contributed by atoms with van der Waals surface area (Å²) in [5.41, 5.74) is 8.73. The molecule has 0 saturated heterocycles. The Morgan fingerprint density at radius 1 is 1.00 bits per heavy atom. The first-order chi connectivity index (χ1) is 12.2. The summed E-state index contributed by atoms with van der Waals surface area (Å²) >= 11 is 0. The van der Waals surface area contributed by atoms with Gasteiger partial charge in [-0.2, -0.15) is 0 Å². The van der Waals surface area contributed by atoms with Gasteiger partial charge in [0.2, 0.25) is 0 Å². The van der Waals surface area contributed by atoms with Gasteiger partial charge in [-0.05, 0) is 43.5 Å². The lowest BCUT2D eigenvalue weighted by molar-refractivity contribution is 0.408. The molecule has 0 unspecified atom stereocenters. The van der Waals surface area contributed by atoms with Crippen molar-refractivity contribution in [1.29, 1.82) is 0 Å². The molecule has 2 N–H and O–H groups in total. The van der Waals surface area contributed by atoms with Crippen molar-refractivity contribution in [3.05, 3.63) is 59.9 Å². The van der Waals surface area contributed by atoms with Crippen molar-refractivity contribution in [2.45, 2.75) is 44.6 Å². The number of unbranched alkanes of at least 4 members (excludes halogenated alkanes) is 3. The summed E-state index contributed by atoms with van der Waals surface area (Å²) in [6.07, 6.45) is 7.81. The zero-order valence-electron chi connectivity index (χ0n) is 14.0. The zero-order valence-corrected chi connectivity index (χ0v) is 14.0. The second kappa shape index (κ2) is 8.58. The minimum absolute atomic E-state index is 0.145. The number of aryl methyl sites for hydroxylation is 1. The molecule has 132 valence electrons. The third-order valence-corrected chi connectivity index (χ3v) is 4.23. The van der Waals surface area contributed by atoms with E-state index >= 15 is 0 Å². The van der Waals surface area contributed by atoms with Crippen molar-refractivity contribution in [2.24, 2.45) is 5.73 Å². The molecule has 3 rings (SSSR count). The van der Waals surface area contributed by atoms with E-state index in [-0.39, 0.29) is 11.9 Å². The number of benzene rings is 1. The van der Waals surface area contributed by atoms with Gasteiger partial charge in [0.25, 0.3) is 0 Å². The lowest BCUT2D eigenvalue weighted by Gasteiger charge is -2.07. The largest absolute Gasteiger partial charge is 0.365 e. The zero-order chi connectivity index (χ0) is 17.5. The Morgan fingerprint density at radius 3 is 2.56 bits per heavy atom. The van der Waals surface area contributed by atoms with Gasteiger partial charge in [0.1, 0.15) is 17.8 Å². The van der Waals surface area contributed by atoms with Crippen LogP contribution in [0.5, 0.6) is 0 Å². The maximum atomic E-state index is 13.0. The fourth-order valence-electron chi connectivity index (χ4n) is 2.75. The molecule has 0 bridgehead atoms. The van der Waals surface area contributed by atoms with Crippen LogP contribution in [0, 0.1) is 5.82 Å². The van der Waals surface area contributed by atoms with E-state index in [9.17, 15) is 4.39 Å². The van der Waals surface area contributed by atoms with Gasteiger partial charge in [-0.15, -0.1) is 0 Å². The van der Waals surface area contributed by atoms with E-state index in [2.05, 4.69) is 10.3 Å². The summed E-state index contributed by atoms with van der Waals surface area (Å²) in [4.78, 5) is 0. The van der Waals surface area contributed by atoms with Crippen molar-refractivity contribution >= 4 is 0 Å². The van der Waals surface area contributed by atoms with Crippen LogP contribution in [0.1, 0.15) is 49.5 Å². The van der Waals surface area contributed by atoms with Crippen LogP contribution >= 0.6 is 0 Å². The van der Waals surface area contributed by atoms with Crippen molar-refractivity contribution in [3.8, 4) is 11.3 Å². The summed E-state index contributed by atoms with van der Waals surface area (Å²) < 4.78 is 23.1. The Labute approximate surface area is 146 Å². The molecule has 0 spiro atoms. The van der Waals surface area contributed by atoms with Gasteiger partial charge < -0.3 is 14.8 Å². The van der Waals surface area contributed by atoms with Gasteiger partial charge in [-0.3, -0.25) is 0 Å². The highest BCUT2D eigenvalue weighted by atomic mass is 19.1. The van der Waals surface area contributed by atoms with E-state index in [1.54, 1.807) is 18.4 Å². The van der Waals surface area contributed by atoms with Crippen LogP contribution in [-0.4, -0.2) is 10.3 Å². The van der Waals surface area contributed by atoms with E-state index < -0.39 is 0 Å². The van der Waals surface area contributed by atoms with Gasteiger partial charge in [0, 0.05) is 17.7 Å². The normalized spacial score (nSPS) is 12.4. The first-order valence-corrected chi connectivity index (χ1v) is 8.60. The second-order valence-corrected chi connectivity index (χ2v) is 6.17. The maximum absolute atomic E-state index is 13.0. The number of nitrogens with zero attached hydrogens (tertiary/aromatic N) is 2. The number of hydrogen-bond acceptors (Lipinski definition) is 5. The van der Waals surface area contributed by atoms with Crippen molar-refractivity contribution in [2.75, 3.05) is 0 Å². The fourth-order valence-corrected chi connectivity index (χ4v) is 2.75. The smallest absolute Gasteiger partial charge is 0.167 e. The number of rotatable bonds is 9. The van der Waals surface area contributed by atoms with E-state index in [1.807, 2.05) is 12.1 Å². The third-order valence-electron chi connectivity index (χ3n) is 4.23. The lowest BCUT2D eigenvalue weighted by atomic mass is 10.0. The van der Waals surface area contributed by atoms with Crippen LogP contribution in [0.2, 0.25) is 0 Å². The molecule has 0 amide bonds. The van der Waals surface area contributed by atoms with Crippen LogP contribution < -0.4 is 5.73 Å². The van der Waals surface area contributed by atoms with Crippen LogP contribution in [0.15, 0.2) is 51.7 Å². The summed E-state index contributed by atoms with van der Waals surface area (Å²) in [6, 6.07) is 9.72. The van der Waals surface area contributed by atoms with Crippen LogP contribution in [-0.2, 0) is 6.42 Å². The second-order valence-electron chi connectivity index (χ2n) is 6.17. The standard InChI is InChI=1S/C19H22FN3O2/c20-15-9-7-14(8-10-15)19-13-18(23-25-19)17(21)6-4-2-1-3-5-16-11-12-24-22-16/h7-13,17H,1-6,21H2/t17-/m0/s1. The van der Waals surface area contributed by atoms with Crippen LogP contribution in [0.25, 0.3) is 11.3 Å². The van der Waals surface area contributed by atoms with Gasteiger partial charge in [0.15, 0.2) is 5.76 Å². The third kappa shape index (κ3) is 5.00. The molecule has 6 heteroatoms. The average Bonchev–Trinajstić information content (AvgIpc) is 3.30. The summed E-state index contributed by atoms with van der Waals surface area (Å²) in [5.74, 6) is 0.335. The van der Waals surface area contributed by atoms with E-state index in [0.29, 0.717) is 5.76 Å². The van der Waals surface area contributed by atoms with Crippen LogP contribution in [0.3, 0.4) is 0 Å². The molecule has 3 aromatic rings. The minimum Gasteiger partial charge on any atom is -0.365 e. The van der Waals surface area contributed by atoms with E-state index in [4.69, 9.17) is 14.8 Å². The van der Waals surface area contributed by atoms with Gasteiger partial charge in [-0.1, -0.05) is 29.6 Å². The molecule has 2 aromatic heterocycles. The quantitative estimate of drug-likeness (QED) is 0.572. The molecular weight excluding hydrogens is 321 g/mol. The molecule has 0 aliphatic carbocycles. The summed E-state index contributed by atoms with van der Waals surface area (Å²) in [6.45, 7) is 0. The van der Waals surface area contributed by atoms with E-state index in [1.165, 1.54) is 12.1 Å². The fraction of sp³-hybridized carbons (Fsp3) is 0.368. The first kappa shape index (κ1) is 17.4. The first-order valence-electron chi connectivity index (χ1n) is 8.60. The molecular formula is C19H22FN3O2. The Bertz CT molecular complexity index is 753. The number of nitrogens with two attached hydrogens (primary N) is 1. The monoisotopic (exact) mass is 343 g/mol. The predicted octanol–water partition coefficient (Wildman–Crippen LogP) is 4.66. The van der Waals surface area contributed by atoms with Crippen molar-refractivity contribution in [1.82, 2.24) is 10.3 Å². The maximum Gasteiger partial charge on any atom is 0.167 e. The Morgan fingerprint density at radius 2 is 1.80 bits per heavy atom. The minimum atomic E-state index is -0.274. The number of aromatic nitrogens is 2. The highest BCUT2D eigenvalue weighted by molar-refractivity contribution is 5.57. The van der Waals surface area contributed by atoms with Gasteiger partial charge >= 0.3 is 0 Å². The Hall–Kier alpha value is -2.47. The van der Waals surface area contributed by atoms with Gasteiger partial charge in [-0.25, -0.2) is 4.39 Å². The molecule has 1 atom stereocenters. The summed E-state index contributed by atoms with van der Waals surface area (Å²) in [5, 5.41) is 7.95. The molecule has 0 saturated carbocycles.